The van der Waals surface area contributed by atoms with Gasteiger partial charge in [0.05, 0.1) is 33.9 Å². The Bertz CT molecular complexity index is 1210. The van der Waals surface area contributed by atoms with Gasteiger partial charge in [-0.05, 0) is 56.5 Å². The van der Waals surface area contributed by atoms with Crippen molar-refractivity contribution in [1.29, 1.82) is 0 Å². The van der Waals surface area contributed by atoms with Gasteiger partial charge in [-0.15, -0.1) is 0 Å². The van der Waals surface area contributed by atoms with Gasteiger partial charge in [-0.2, -0.15) is 5.10 Å². The fourth-order valence-corrected chi connectivity index (χ4v) is 3.85. The molecular formula is C25H26N4O3. The van der Waals surface area contributed by atoms with E-state index >= 15 is 0 Å². The van der Waals surface area contributed by atoms with Crippen molar-refractivity contribution in [3.05, 3.63) is 76.6 Å². The Hall–Kier alpha value is -3.74. The maximum Gasteiger partial charge on any atom is 0.261 e. The topological polar surface area (TPSA) is 84.3 Å². The Labute approximate surface area is 187 Å². The van der Waals surface area contributed by atoms with Gasteiger partial charge in [0.2, 0.25) is 0 Å². The van der Waals surface area contributed by atoms with E-state index in [4.69, 9.17) is 0 Å². The van der Waals surface area contributed by atoms with E-state index in [2.05, 4.69) is 10.4 Å². The first-order valence-corrected chi connectivity index (χ1v) is 10.7. The normalized spacial score (nSPS) is 13.1. The maximum atomic E-state index is 13.0. The molecule has 7 nitrogen and oxygen atoms in total. The number of amides is 3. The van der Waals surface area contributed by atoms with Crippen molar-refractivity contribution in [2.75, 3.05) is 11.9 Å². The van der Waals surface area contributed by atoms with Crippen LogP contribution in [0.15, 0.2) is 48.5 Å². The molecule has 0 aliphatic carbocycles. The number of nitrogens with one attached hydrogen (secondary N) is 1. The number of hydrogen-bond donors (Lipinski definition) is 1. The van der Waals surface area contributed by atoms with Gasteiger partial charge in [-0.1, -0.05) is 32.0 Å². The number of benzene rings is 2. The van der Waals surface area contributed by atoms with Crippen LogP contribution in [0, 0.1) is 19.8 Å². The number of rotatable bonds is 6. The van der Waals surface area contributed by atoms with Gasteiger partial charge in [0.25, 0.3) is 17.7 Å². The van der Waals surface area contributed by atoms with Crippen LogP contribution in [-0.4, -0.2) is 38.9 Å². The molecule has 3 amide bonds. The summed E-state index contributed by atoms with van der Waals surface area (Å²) in [6, 6.07) is 14.3. The van der Waals surface area contributed by atoms with Crippen LogP contribution < -0.4 is 5.32 Å². The third-order valence-electron chi connectivity index (χ3n) is 5.69. The van der Waals surface area contributed by atoms with Gasteiger partial charge in [0.15, 0.2) is 0 Å². The largest absolute Gasteiger partial charge is 0.319 e. The fraction of sp³-hybridized carbons (Fsp3) is 0.280. The van der Waals surface area contributed by atoms with E-state index < -0.39 is 0 Å². The van der Waals surface area contributed by atoms with Gasteiger partial charge in [0, 0.05) is 12.1 Å². The summed E-state index contributed by atoms with van der Waals surface area (Å²) in [5, 5.41) is 7.47. The zero-order valence-corrected chi connectivity index (χ0v) is 18.7. The van der Waals surface area contributed by atoms with Crippen molar-refractivity contribution in [2.24, 2.45) is 5.92 Å². The number of hydrogen-bond acceptors (Lipinski definition) is 4. The lowest BCUT2D eigenvalue weighted by atomic mass is 10.1. The van der Waals surface area contributed by atoms with Gasteiger partial charge in [0.1, 0.15) is 0 Å². The number of aryl methyl sites for hydroxylation is 1. The summed E-state index contributed by atoms with van der Waals surface area (Å²) in [5.41, 5.74) is 3.96. The molecule has 2 aromatic carbocycles. The summed E-state index contributed by atoms with van der Waals surface area (Å²) >= 11 is 0. The van der Waals surface area contributed by atoms with E-state index in [1.165, 1.54) is 11.0 Å². The van der Waals surface area contributed by atoms with Crippen molar-refractivity contribution in [2.45, 2.75) is 34.1 Å². The van der Waals surface area contributed by atoms with E-state index in [-0.39, 0.29) is 23.3 Å². The zero-order valence-electron chi connectivity index (χ0n) is 18.7. The summed E-state index contributed by atoms with van der Waals surface area (Å²) in [4.78, 5) is 39.7. The lowest BCUT2D eigenvalue weighted by Gasteiger charge is -2.14. The molecule has 0 saturated heterocycles. The molecule has 3 aromatic rings. The van der Waals surface area contributed by atoms with Crippen molar-refractivity contribution in [3.8, 4) is 5.69 Å². The SMILES string of the molecule is Cc1nn(-c2ccccc2)c(C)c1NC(=O)c1ccc2c(c1)C(=O)N(CCC(C)C)C2=O. The summed E-state index contributed by atoms with van der Waals surface area (Å²) < 4.78 is 1.78. The number of imide groups is 1. The van der Waals surface area contributed by atoms with Crippen LogP contribution in [0.4, 0.5) is 5.69 Å². The predicted octanol–water partition coefficient (Wildman–Crippen LogP) is 4.38. The van der Waals surface area contributed by atoms with Crippen molar-refractivity contribution >= 4 is 23.4 Å². The number of carbonyl (C=O) groups excluding carboxylic acids is 3. The molecule has 0 saturated carbocycles. The highest BCUT2D eigenvalue weighted by atomic mass is 16.2. The molecule has 0 unspecified atom stereocenters. The van der Waals surface area contributed by atoms with Crippen LogP contribution in [0.5, 0.6) is 0 Å². The first-order valence-electron chi connectivity index (χ1n) is 10.7. The third-order valence-corrected chi connectivity index (χ3v) is 5.69. The van der Waals surface area contributed by atoms with Crippen LogP contribution >= 0.6 is 0 Å². The minimum absolute atomic E-state index is 0.278. The predicted molar refractivity (Wildman–Crippen MR) is 122 cm³/mol. The minimum Gasteiger partial charge on any atom is -0.319 e. The second-order valence-corrected chi connectivity index (χ2v) is 8.45. The maximum absolute atomic E-state index is 13.0. The molecule has 4 rings (SSSR count). The summed E-state index contributed by atoms with van der Waals surface area (Å²) in [5.74, 6) is -0.616. The summed E-state index contributed by atoms with van der Waals surface area (Å²) in [6.07, 6.45) is 0.739. The van der Waals surface area contributed by atoms with Gasteiger partial charge < -0.3 is 5.32 Å². The first-order chi connectivity index (χ1) is 15.3. The first kappa shape index (κ1) is 21.5. The average molecular weight is 431 g/mol. The molecule has 0 fully saturated rings. The number of carbonyl (C=O) groups is 3. The number of aromatic nitrogens is 2. The molecule has 1 aliphatic rings. The fourth-order valence-electron chi connectivity index (χ4n) is 3.85. The third kappa shape index (κ3) is 3.82. The van der Waals surface area contributed by atoms with E-state index in [0.29, 0.717) is 35.0 Å². The molecule has 1 aromatic heterocycles. The van der Waals surface area contributed by atoms with Crippen molar-refractivity contribution < 1.29 is 14.4 Å². The molecule has 1 aliphatic heterocycles. The molecule has 164 valence electrons. The zero-order chi connectivity index (χ0) is 23.0. The van der Waals surface area contributed by atoms with E-state index in [9.17, 15) is 14.4 Å². The quantitative estimate of drug-likeness (QED) is 0.588. The lowest BCUT2D eigenvalue weighted by molar-refractivity contribution is 0.0647. The van der Waals surface area contributed by atoms with Crippen LogP contribution in [-0.2, 0) is 0 Å². The Morgan fingerprint density at radius 1 is 1.00 bits per heavy atom. The highest BCUT2D eigenvalue weighted by Crippen LogP contribution is 2.27. The lowest BCUT2D eigenvalue weighted by Crippen LogP contribution is -2.31. The Morgan fingerprint density at radius 3 is 2.38 bits per heavy atom. The second-order valence-electron chi connectivity index (χ2n) is 8.45. The molecule has 0 atom stereocenters. The molecule has 2 heterocycles. The Morgan fingerprint density at radius 2 is 1.69 bits per heavy atom. The minimum atomic E-state index is -0.354. The number of fused-ring (bicyclic) bond motifs is 1. The van der Waals surface area contributed by atoms with Crippen LogP contribution in [0.1, 0.15) is 62.7 Å². The molecule has 32 heavy (non-hydrogen) atoms. The van der Waals surface area contributed by atoms with Gasteiger partial charge in [-0.3, -0.25) is 19.3 Å². The highest BCUT2D eigenvalue weighted by Gasteiger charge is 2.35. The monoisotopic (exact) mass is 430 g/mol. The van der Waals surface area contributed by atoms with Crippen molar-refractivity contribution in [3.63, 3.8) is 0 Å². The van der Waals surface area contributed by atoms with Crippen LogP contribution in [0.25, 0.3) is 5.69 Å². The number of anilines is 1. The molecule has 7 heteroatoms. The molecule has 0 radical (unpaired) electrons. The standard InChI is InChI=1S/C25H26N4O3/c1-15(2)12-13-28-24(31)20-11-10-18(14-21(20)25(28)32)23(30)26-22-16(3)27-29(17(22)4)19-8-6-5-7-9-19/h5-11,14-15H,12-13H2,1-4H3,(H,26,30). The summed E-state index contributed by atoms with van der Waals surface area (Å²) in [6.45, 7) is 8.19. The van der Waals surface area contributed by atoms with Crippen LogP contribution in [0.3, 0.4) is 0 Å². The second kappa shape index (κ2) is 8.42. The average Bonchev–Trinajstić information content (AvgIpc) is 3.20. The molecule has 0 bridgehead atoms. The van der Waals surface area contributed by atoms with E-state index in [1.807, 2.05) is 58.0 Å². The highest BCUT2D eigenvalue weighted by molar-refractivity contribution is 6.22. The Balaban J connectivity index is 1.57. The van der Waals surface area contributed by atoms with E-state index in [0.717, 1.165) is 17.8 Å². The molecule has 0 spiro atoms. The summed E-state index contributed by atoms with van der Waals surface area (Å²) in [7, 11) is 0. The van der Waals surface area contributed by atoms with Gasteiger partial charge >= 0.3 is 0 Å². The van der Waals surface area contributed by atoms with Crippen molar-refractivity contribution in [1.82, 2.24) is 14.7 Å². The van der Waals surface area contributed by atoms with E-state index in [1.54, 1.807) is 16.8 Å². The van der Waals surface area contributed by atoms with Gasteiger partial charge in [-0.25, -0.2) is 4.68 Å². The molecule has 1 N–H and O–H groups in total. The number of nitrogens with zero attached hydrogens (tertiary/aromatic N) is 3. The Kier molecular flexibility index (Phi) is 5.65. The smallest absolute Gasteiger partial charge is 0.261 e. The molecular weight excluding hydrogens is 404 g/mol. The van der Waals surface area contributed by atoms with Crippen LogP contribution in [0.2, 0.25) is 0 Å². The number of para-hydroxylation sites is 1.